The number of amides is 1. The van der Waals surface area contributed by atoms with Crippen LogP contribution in [0.25, 0.3) is 0 Å². The Balaban J connectivity index is 1.48. The molecule has 1 amide bonds. The number of hydrogen-bond donors (Lipinski definition) is 1. The van der Waals surface area contributed by atoms with Crippen LogP contribution < -0.4 is 10.1 Å². The Morgan fingerprint density at radius 1 is 1.30 bits per heavy atom. The summed E-state index contributed by atoms with van der Waals surface area (Å²) in [5, 5.41) is 3.51. The zero-order chi connectivity index (χ0) is 29.0. The second-order valence-electron chi connectivity index (χ2n) is 9.54. The number of dihydropyridines is 1. The molecule has 3 aliphatic heterocycles. The maximum absolute atomic E-state index is 14.2. The van der Waals surface area contributed by atoms with Gasteiger partial charge >= 0.3 is 18.1 Å². The van der Waals surface area contributed by atoms with Crippen LogP contribution in [0, 0.1) is 5.82 Å². The van der Waals surface area contributed by atoms with Crippen LogP contribution in [0.2, 0.25) is 0 Å². The first kappa shape index (κ1) is 29.6. The molecule has 4 rings (SSSR count). The highest BCUT2D eigenvalue weighted by atomic mass is 35.5. The molecule has 3 atom stereocenters. The lowest BCUT2D eigenvalue weighted by atomic mass is 9.97. The number of rotatable bonds is 9. The maximum atomic E-state index is 14.2. The van der Waals surface area contributed by atoms with Crippen molar-refractivity contribution in [2.75, 3.05) is 19.7 Å². The van der Waals surface area contributed by atoms with Crippen LogP contribution in [-0.4, -0.2) is 66.7 Å². The number of nitrogens with zero attached hydrogens (tertiary/aromatic N) is 3. The van der Waals surface area contributed by atoms with E-state index in [1.165, 1.54) is 12.3 Å². The van der Waals surface area contributed by atoms with Gasteiger partial charge in [0.05, 0.1) is 36.2 Å². The molecule has 0 saturated carbocycles. The molecular weight excluding hydrogens is 556 g/mol. The van der Waals surface area contributed by atoms with Crippen molar-refractivity contribution in [3.8, 4) is 5.75 Å². The summed E-state index contributed by atoms with van der Waals surface area (Å²) in [7, 11) is 0. The predicted octanol–water partition coefficient (Wildman–Crippen LogP) is 4.99. The summed E-state index contributed by atoms with van der Waals surface area (Å²) in [4.78, 5) is 34.0. The van der Waals surface area contributed by atoms with Gasteiger partial charge in [0.2, 0.25) is 0 Å². The number of esters is 1. The van der Waals surface area contributed by atoms with Crippen molar-refractivity contribution < 1.29 is 36.6 Å². The summed E-state index contributed by atoms with van der Waals surface area (Å²) >= 11 is 6.12. The second-order valence-corrected chi connectivity index (χ2v) is 9.93. The van der Waals surface area contributed by atoms with Crippen molar-refractivity contribution in [2.45, 2.75) is 63.9 Å². The van der Waals surface area contributed by atoms with Gasteiger partial charge in [-0.3, -0.25) is 9.79 Å². The van der Waals surface area contributed by atoms with E-state index in [1.807, 2.05) is 0 Å². The molecule has 1 unspecified atom stereocenters. The molecule has 1 N–H and O–H groups in total. The quantitative estimate of drug-likeness (QED) is 0.251. The van der Waals surface area contributed by atoms with Gasteiger partial charge < -0.3 is 19.7 Å². The molecule has 1 aromatic rings. The normalized spacial score (nSPS) is 21.4. The number of ether oxygens (including phenoxy) is 2. The summed E-state index contributed by atoms with van der Waals surface area (Å²) in [6.45, 7) is 3.87. The van der Waals surface area contributed by atoms with Crippen LogP contribution in [0.1, 0.15) is 51.1 Å². The fourth-order valence-electron chi connectivity index (χ4n) is 4.89. The minimum Gasteiger partial charge on any atom is -0.490 e. The average Bonchev–Trinajstić information content (AvgIpc) is 3.38. The monoisotopic (exact) mass is 584 g/mol. The highest BCUT2D eigenvalue weighted by molar-refractivity contribution is 6.31. The number of carbonyl (C=O) groups excluding carboxylic acids is 2. The standard InChI is InChI=1S/C27H29ClF4N4O4/c1-3-39-25(37)18-14-34-19-7-9-22(28)35-24(19)23(18)33-11-10-15(2)40-21-8-6-16(29)13-17(21)20-5-4-12-36(20)26(38)27(30,31)32/h6,8-9,13-15,19-20,33H,3-5,7,10-12H2,1-2H3/t15-,19?,20+/m0/s1. The van der Waals surface area contributed by atoms with E-state index in [9.17, 15) is 27.2 Å². The second kappa shape index (κ2) is 12.4. The zero-order valence-electron chi connectivity index (χ0n) is 21.9. The topological polar surface area (TPSA) is 92.6 Å². The Hall–Kier alpha value is -3.41. The Labute approximate surface area is 233 Å². The Bertz CT molecular complexity index is 1280. The molecule has 1 saturated heterocycles. The highest BCUT2D eigenvalue weighted by Crippen LogP contribution is 2.40. The molecule has 40 heavy (non-hydrogen) atoms. The van der Waals surface area contributed by atoms with Crippen molar-refractivity contribution in [3.05, 3.63) is 52.1 Å². The number of aliphatic imine (C=N–C) groups is 2. The summed E-state index contributed by atoms with van der Waals surface area (Å²) in [6, 6.07) is 2.38. The molecule has 13 heteroatoms. The van der Waals surface area contributed by atoms with Gasteiger partial charge in [-0.25, -0.2) is 14.2 Å². The minimum atomic E-state index is -5.03. The smallest absolute Gasteiger partial charge is 0.471 e. The van der Waals surface area contributed by atoms with E-state index in [4.69, 9.17) is 21.1 Å². The van der Waals surface area contributed by atoms with Crippen LogP contribution in [-0.2, 0) is 14.3 Å². The molecule has 216 valence electrons. The lowest BCUT2D eigenvalue weighted by Crippen LogP contribution is -2.40. The van der Waals surface area contributed by atoms with Crippen LogP contribution in [0.4, 0.5) is 17.6 Å². The van der Waals surface area contributed by atoms with Crippen molar-refractivity contribution in [1.82, 2.24) is 10.2 Å². The molecule has 3 aliphatic rings. The molecule has 0 aliphatic carbocycles. The van der Waals surface area contributed by atoms with Gasteiger partial charge in [0.25, 0.3) is 0 Å². The lowest BCUT2D eigenvalue weighted by molar-refractivity contribution is -0.186. The number of halogens is 5. The number of fused-ring (bicyclic) bond motifs is 1. The van der Waals surface area contributed by atoms with Gasteiger partial charge in [0.15, 0.2) is 0 Å². The van der Waals surface area contributed by atoms with Crippen molar-refractivity contribution in [3.63, 3.8) is 0 Å². The van der Waals surface area contributed by atoms with E-state index in [-0.39, 0.29) is 47.7 Å². The van der Waals surface area contributed by atoms with Gasteiger partial charge in [-0.05, 0) is 57.4 Å². The van der Waals surface area contributed by atoms with Crippen LogP contribution >= 0.6 is 11.6 Å². The fraction of sp³-hybridized carbons (Fsp3) is 0.481. The fourth-order valence-corrected chi connectivity index (χ4v) is 5.07. The van der Waals surface area contributed by atoms with Crippen LogP contribution in [0.15, 0.2) is 50.7 Å². The molecule has 3 heterocycles. The van der Waals surface area contributed by atoms with E-state index in [0.717, 1.165) is 17.0 Å². The number of benzene rings is 1. The molecule has 1 aromatic carbocycles. The van der Waals surface area contributed by atoms with E-state index in [1.54, 1.807) is 19.9 Å². The third kappa shape index (κ3) is 6.65. The number of alkyl halides is 3. The zero-order valence-corrected chi connectivity index (χ0v) is 22.7. The number of carbonyl (C=O) groups is 2. The van der Waals surface area contributed by atoms with Gasteiger partial charge in [-0.2, -0.15) is 13.2 Å². The molecule has 0 bridgehead atoms. The predicted molar refractivity (Wildman–Crippen MR) is 141 cm³/mol. The first-order valence-corrected chi connectivity index (χ1v) is 13.3. The van der Waals surface area contributed by atoms with E-state index >= 15 is 0 Å². The third-order valence-electron chi connectivity index (χ3n) is 6.72. The molecule has 0 spiro atoms. The summed E-state index contributed by atoms with van der Waals surface area (Å²) in [6.07, 6.45) is -0.777. The Kier molecular flexibility index (Phi) is 9.17. The maximum Gasteiger partial charge on any atom is 0.471 e. The first-order chi connectivity index (χ1) is 19.0. The largest absolute Gasteiger partial charge is 0.490 e. The van der Waals surface area contributed by atoms with Crippen LogP contribution in [0.5, 0.6) is 5.75 Å². The van der Waals surface area contributed by atoms with E-state index < -0.39 is 36.0 Å². The number of nitrogens with one attached hydrogen (secondary N) is 1. The summed E-state index contributed by atoms with van der Waals surface area (Å²) < 4.78 is 64.8. The highest BCUT2D eigenvalue weighted by Gasteiger charge is 2.46. The summed E-state index contributed by atoms with van der Waals surface area (Å²) in [5.74, 6) is -2.96. The van der Waals surface area contributed by atoms with Gasteiger partial charge in [0, 0.05) is 31.3 Å². The molecule has 0 radical (unpaired) electrons. The summed E-state index contributed by atoms with van der Waals surface area (Å²) in [5.41, 5.74) is 1.37. The van der Waals surface area contributed by atoms with Gasteiger partial charge in [-0.1, -0.05) is 11.6 Å². The van der Waals surface area contributed by atoms with Crippen molar-refractivity contribution in [2.24, 2.45) is 9.98 Å². The molecule has 0 aromatic heterocycles. The number of hydrogen-bond acceptors (Lipinski definition) is 7. The SMILES string of the molecule is CCOC(=O)C1=C(NCC[C@H](C)Oc2ccc(F)cc2[C@H]2CCCN2C(=O)C(F)(F)F)C2=NC(Cl)=CCC2N=C1. The van der Waals surface area contributed by atoms with Crippen LogP contribution in [0.3, 0.4) is 0 Å². The average molecular weight is 585 g/mol. The Morgan fingerprint density at radius 3 is 2.80 bits per heavy atom. The third-order valence-corrected chi connectivity index (χ3v) is 6.96. The van der Waals surface area contributed by atoms with E-state index in [0.29, 0.717) is 37.2 Å². The first-order valence-electron chi connectivity index (χ1n) is 13.0. The van der Waals surface area contributed by atoms with E-state index in [2.05, 4.69) is 15.3 Å². The molecular formula is C27H29ClF4N4O4. The minimum absolute atomic E-state index is 0.0796. The molecule has 8 nitrogen and oxygen atoms in total. The Morgan fingerprint density at radius 2 is 2.08 bits per heavy atom. The van der Waals surface area contributed by atoms with Gasteiger partial charge in [0.1, 0.15) is 22.3 Å². The van der Waals surface area contributed by atoms with Crippen molar-refractivity contribution >= 4 is 35.4 Å². The van der Waals surface area contributed by atoms with Gasteiger partial charge in [-0.15, -0.1) is 0 Å². The lowest BCUT2D eigenvalue weighted by Gasteiger charge is -2.28. The molecule has 1 fully saturated rings. The number of likely N-dealkylation sites (tertiary alicyclic amines) is 1. The van der Waals surface area contributed by atoms with Crippen molar-refractivity contribution in [1.29, 1.82) is 0 Å².